The van der Waals surface area contributed by atoms with Crippen LogP contribution in [0, 0.1) is 0 Å². The molecule has 0 unspecified atom stereocenters. The maximum Gasteiger partial charge on any atom is 0.244 e. The largest absolute Gasteiger partial charge is 0.352 e. The standard InChI is InChI=1S/C32H40ClN3O4S/c1-6-24(4)34-32(38)30(20-25-12-8-7-9-13-25)35(21-26-16-18-27(33)19-17-26)31(37)22-36(41(5,39)40)29-15-11-10-14-28(29)23(2)3/h7-19,23-24,30H,6,20-22H2,1-5H3,(H,34,38)/t24-,30+/m1/s1. The number of hydrogen-bond acceptors (Lipinski definition) is 4. The number of benzene rings is 3. The Morgan fingerprint density at radius 1 is 0.878 bits per heavy atom. The zero-order valence-corrected chi connectivity index (χ0v) is 26.0. The number of para-hydroxylation sites is 1. The molecular formula is C32H40ClN3O4S. The molecule has 7 nitrogen and oxygen atoms in total. The predicted octanol–water partition coefficient (Wildman–Crippen LogP) is 5.78. The minimum Gasteiger partial charge on any atom is -0.352 e. The average Bonchev–Trinajstić information content (AvgIpc) is 2.94. The summed E-state index contributed by atoms with van der Waals surface area (Å²) in [7, 11) is -3.84. The van der Waals surface area contributed by atoms with Crippen molar-refractivity contribution in [2.75, 3.05) is 17.1 Å². The normalized spacial score (nSPS) is 13.0. The van der Waals surface area contributed by atoms with Crippen LogP contribution in [-0.2, 0) is 32.6 Å². The summed E-state index contributed by atoms with van der Waals surface area (Å²) in [5.74, 6) is -0.744. The summed E-state index contributed by atoms with van der Waals surface area (Å²) in [4.78, 5) is 29.5. The van der Waals surface area contributed by atoms with Gasteiger partial charge in [0.2, 0.25) is 21.8 Å². The Hall–Kier alpha value is -3.36. The van der Waals surface area contributed by atoms with E-state index in [1.165, 1.54) is 4.90 Å². The zero-order chi connectivity index (χ0) is 30.2. The predicted molar refractivity (Wildman–Crippen MR) is 167 cm³/mol. The summed E-state index contributed by atoms with van der Waals surface area (Å²) in [5, 5.41) is 3.59. The summed E-state index contributed by atoms with van der Waals surface area (Å²) < 4.78 is 27.3. The monoisotopic (exact) mass is 597 g/mol. The van der Waals surface area contributed by atoms with E-state index in [1.54, 1.807) is 36.4 Å². The van der Waals surface area contributed by atoms with Gasteiger partial charge in [0, 0.05) is 24.0 Å². The lowest BCUT2D eigenvalue weighted by Gasteiger charge is -2.34. The molecule has 2 amide bonds. The van der Waals surface area contributed by atoms with Gasteiger partial charge in [0.25, 0.3) is 0 Å². The first-order valence-electron chi connectivity index (χ1n) is 13.9. The molecule has 3 rings (SSSR count). The van der Waals surface area contributed by atoms with Gasteiger partial charge in [-0.15, -0.1) is 0 Å². The number of rotatable bonds is 13. The molecule has 0 aliphatic rings. The average molecular weight is 598 g/mol. The molecular weight excluding hydrogens is 558 g/mol. The first-order chi connectivity index (χ1) is 19.4. The summed E-state index contributed by atoms with van der Waals surface area (Å²) in [6.45, 7) is 7.50. The number of hydrogen-bond donors (Lipinski definition) is 1. The van der Waals surface area contributed by atoms with Crippen LogP contribution in [0.5, 0.6) is 0 Å². The van der Waals surface area contributed by atoms with Crippen molar-refractivity contribution in [2.45, 2.75) is 65.1 Å². The quantitative estimate of drug-likeness (QED) is 0.270. The fourth-order valence-electron chi connectivity index (χ4n) is 4.58. The van der Waals surface area contributed by atoms with Crippen LogP contribution in [0.4, 0.5) is 5.69 Å². The number of nitrogens with one attached hydrogen (secondary N) is 1. The molecule has 0 aromatic heterocycles. The van der Waals surface area contributed by atoms with Crippen LogP contribution in [0.15, 0.2) is 78.9 Å². The number of nitrogens with zero attached hydrogens (tertiary/aromatic N) is 2. The van der Waals surface area contributed by atoms with Crippen molar-refractivity contribution in [1.29, 1.82) is 0 Å². The van der Waals surface area contributed by atoms with Crippen molar-refractivity contribution in [3.8, 4) is 0 Å². The van der Waals surface area contributed by atoms with Gasteiger partial charge in [-0.05, 0) is 54.2 Å². The topological polar surface area (TPSA) is 86.8 Å². The molecule has 0 bridgehead atoms. The summed E-state index contributed by atoms with van der Waals surface area (Å²) in [6, 6.07) is 22.8. The molecule has 220 valence electrons. The molecule has 0 saturated heterocycles. The van der Waals surface area contributed by atoms with E-state index in [0.29, 0.717) is 10.7 Å². The molecule has 3 aromatic carbocycles. The Kier molecular flexibility index (Phi) is 11.4. The van der Waals surface area contributed by atoms with Gasteiger partial charge in [0.15, 0.2) is 0 Å². The van der Waals surface area contributed by atoms with E-state index in [-0.39, 0.29) is 30.8 Å². The molecule has 0 heterocycles. The van der Waals surface area contributed by atoms with Crippen LogP contribution in [0.25, 0.3) is 0 Å². The third kappa shape index (κ3) is 9.07. The Labute approximate surface area is 249 Å². The molecule has 2 atom stereocenters. The van der Waals surface area contributed by atoms with E-state index in [1.807, 2.05) is 70.2 Å². The Morgan fingerprint density at radius 2 is 1.49 bits per heavy atom. The van der Waals surface area contributed by atoms with Crippen LogP contribution in [-0.4, -0.2) is 50.0 Å². The highest BCUT2D eigenvalue weighted by Crippen LogP contribution is 2.29. The van der Waals surface area contributed by atoms with E-state index < -0.39 is 28.5 Å². The third-order valence-corrected chi connectivity index (χ3v) is 8.42. The molecule has 0 aliphatic heterocycles. The lowest BCUT2D eigenvalue weighted by molar-refractivity contribution is -0.140. The zero-order valence-electron chi connectivity index (χ0n) is 24.4. The second kappa shape index (κ2) is 14.5. The van der Waals surface area contributed by atoms with E-state index >= 15 is 0 Å². The van der Waals surface area contributed by atoms with Crippen LogP contribution in [0.2, 0.25) is 5.02 Å². The molecule has 0 radical (unpaired) electrons. The number of carbonyl (C=O) groups is 2. The highest BCUT2D eigenvalue weighted by atomic mass is 35.5. The van der Waals surface area contributed by atoms with E-state index in [0.717, 1.165) is 33.7 Å². The number of sulfonamides is 1. The lowest BCUT2D eigenvalue weighted by Crippen LogP contribution is -2.54. The summed E-state index contributed by atoms with van der Waals surface area (Å²) >= 11 is 6.11. The van der Waals surface area contributed by atoms with Crippen molar-refractivity contribution in [3.63, 3.8) is 0 Å². The highest BCUT2D eigenvalue weighted by Gasteiger charge is 2.34. The van der Waals surface area contributed by atoms with Crippen LogP contribution in [0.3, 0.4) is 0 Å². The first-order valence-corrected chi connectivity index (χ1v) is 16.1. The van der Waals surface area contributed by atoms with Crippen molar-refractivity contribution in [3.05, 3.63) is 101 Å². The molecule has 41 heavy (non-hydrogen) atoms. The Morgan fingerprint density at radius 3 is 2.07 bits per heavy atom. The second-order valence-electron chi connectivity index (χ2n) is 10.7. The molecule has 0 fully saturated rings. The van der Waals surface area contributed by atoms with E-state index in [9.17, 15) is 18.0 Å². The van der Waals surface area contributed by atoms with Gasteiger partial charge < -0.3 is 10.2 Å². The maximum atomic E-state index is 14.2. The Balaban J connectivity index is 2.09. The minimum absolute atomic E-state index is 0.0304. The Bertz CT molecular complexity index is 1410. The van der Waals surface area contributed by atoms with Crippen LogP contribution < -0.4 is 9.62 Å². The van der Waals surface area contributed by atoms with Crippen LogP contribution in [0.1, 0.15) is 56.7 Å². The van der Waals surface area contributed by atoms with Crippen molar-refractivity contribution >= 4 is 39.1 Å². The van der Waals surface area contributed by atoms with Crippen LogP contribution >= 0.6 is 11.6 Å². The van der Waals surface area contributed by atoms with Gasteiger partial charge in [-0.2, -0.15) is 0 Å². The summed E-state index contributed by atoms with van der Waals surface area (Å²) in [5.41, 5.74) is 2.92. The van der Waals surface area contributed by atoms with Gasteiger partial charge in [-0.1, -0.05) is 93.0 Å². The van der Waals surface area contributed by atoms with Crippen molar-refractivity contribution in [2.24, 2.45) is 0 Å². The maximum absolute atomic E-state index is 14.2. The van der Waals surface area contributed by atoms with Crippen molar-refractivity contribution < 1.29 is 18.0 Å². The van der Waals surface area contributed by atoms with E-state index in [4.69, 9.17) is 11.6 Å². The van der Waals surface area contributed by atoms with Gasteiger partial charge in [-0.25, -0.2) is 8.42 Å². The fourth-order valence-corrected chi connectivity index (χ4v) is 5.57. The number of carbonyl (C=O) groups excluding carboxylic acids is 2. The molecule has 9 heteroatoms. The SMILES string of the molecule is CC[C@@H](C)NC(=O)[C@H](Cc1ccccc1)N(Cc1ccc(Cl)cc1)C(=O)CN(c1ccccc1C(C)C)S(C)(=O)=O. The number of amides is 2. The molecule has 0 spiro atoms. The second-order valence-corrected chi connectivity index (χ2v) is 13.0. The first kappa shape index (κ1) is 32.2. The number of anilines is 1. The van der Waals surface area contributed by atoms with Gasteiger partial charge in [0.1, 0.15) is 12.6 Å². The number of halogens is 1. The van der Waals surface area contributed by atoms with Gasteiger partial charge >= 0.3 is 0 Å². The molecule has 0 saturated carbocycles. The summed E-state index contributed by atoms with van der Waals surface area (Å²) in [6.07, 6.45) is 2.09. The minimum atomic E-state index is -3.84. The molecule has 3 aromatic rings. The highest BCUT2D eigenvalue weighted by molar-refractivity contribution is 7.92. The third-order valence-electron chi connectivity index (χ3n) is 7.04. The van der Waals surface area contributed by atoms with Gasteiger partial charge in [-0.3, -0.25) is 13.9 Å². The molecule has 0 aliphatic carbocycles. The van der Waals surface area contributed by atoms with Gasteiger partial charge in [0.05, 0.1) is 11.9 Å². The van der Waals surface area contributed by atoms with Crippen molar-refractivity contribution in [1.82, 2.24) is 10.2 Å². The van der Waals surface area contributed by atoms with E-state index in [2.05, 4.69) is 5.32 Å². The molecule has 1 N–H and O–H groups in total. The fraction of sp³-hybridized carbons (Fsp3) is 0.375. The lowest BCUT2D eigenvalue weighted by atomic mass is 10.0. The smallest absolute Gasteiger partial charge is 0.244 e.